The van der Waals surface area contributed by atoms with Gasteiger partial charge in [0.1, 0.15) is 6.33 Å². The molecule has 1 aliphatic heterocycles. The fraction of sp³-hybridized carbons (Fsp3) is 0.786. The number of amides is 1. The van der Waals surface area contributed by atoms with Crippen molar-refractivity contribution in [1.82, 2.24) is 29.9 Å². The van der Waals surface area contributed by atoms with Crippen LogP contribution in [0.2, 0.25) is 0 Å². The van der Waals surface area contributed by atoms with E-state index in [2.05, 4.69) is 46.3 Å². The Kier molecular flexibility index (Phi) is 5.69. The number of carbonyl (C=O) groups excluding carboxylic acids is 1. The Balaban J connectivity index is 1.74. The summed E-state index contributed by atoms with van der Waals surface area (Å²) in [6.45, 7) is 5.86. The molecule has 118 valence electrons. The largest absolute Gasteiger partial charge is 0.348 e. The van der Waals surface area contributed by atoms with E-state index in [0.717, 1.165) is 38.3 Å². The van der Waals surface area contributed by atoms with Gasteiger partial charge < -0.3 is 14.8 Å². The first-order valence-corrected chi connectivity index (χ1v) is 7.62. The van der Waals surface area contributed by atoms with Gasteiger partial charge in [-0.05, 0) is 26.9 Å². The molecule has 0 unspecified atom stereocenters. The van der Waals surface area contributed by atoms with Crippen molar-refractivity contribution in [2.24, 2.45) is 0 Å². The molecule has 0 aliphatic carbocycles. The smallest absolute Gasteiger partial charge is 0.234 e. The van der Waals surface area contributed by atoms with Crippen LogP contribution in [-0.4, -0.2) is 70.2 Å². The summed E-state index contributed by atoms with van der Waals surface area (Å²) in [5.41, 5.74) is 0. The summed E-state index contributed by atoms with van der Waals surface area (Å²) in [5.74, 6) is 0.873. The van der Waals surface area contributed by atoms with Crippen LogP contribution in [0.4, 0.5) is 0 Å². The molecule has 1 amide bonds. The Hall–Kier alpha value is -1.47. The van der Waals surface area contributed by atoms with E-state index in [4.69, 9.17) is 0 Å². The molecule has 0 bridgehead atoms. The minimum atomic E-state index is 0.0560. The monoisotopic (exact) mass is 294 g/mol. The molecule has 1 aliphatic rings. The van der Waals surface area contributed by atoms with Gasteiger partial charge in [-0.1, -0.05) is 6.92 Å². The van der Waals surface area contributed by atoms with Crippen molar-refractivity contribution >= 4 is 5.91 Å². The van der Waals surface area contributed by atoms with Gasteiger partial charge >= 0.3 is 0 Å². The van der Waals surface area contributed by atoms with Gasteiger partial charge in [0.25, 0.3) is 0 Å². The zero-order chi connectivity index (χ0) is 15.2. The van der Waals surface area contributed by atoms with Crippen LogP contribution >= 0.6 is 0 Å². The van der Waals surface area contributed by atoms with Crippen molar-refractivity contribution in [2.45, 2.75) is 38.9 Å². The summed E-state index contributed by atoms with van der Waals surface area (Å²) in [5, 5.41) is 10.9. The molecule has 7 heteroatoms. The first-order valence-electron chi connectivity index (χ1n) is 7.62. The first-order chi connectivity index (χ1) is 10.1. The van der Waals surface area contributed by atoms with Crippen molar-refractivity contribution in [3.05, 3.63) is 12.2 Å². The van der Waals surface area contributed by atoms with E-state index in [0.29, 0.717) is 19.1 Å². The van der Waals surface area contributed by atoms with E-state index in [1.807, 2.05) is 4.57 Å². The molecule has 1 aromatic heterocycles. The molecule has 2 heterocycles. The third-order valence-corrected chi connectivity index (χ3v) is 3.95. The normalized spacial score (nSPS) is 19.3. The summed E-state index contributed by atoms with van der Waals surface area (Å²) < 4.78 is 1.98. The maximum atomic E-state index is 12.0. The van der Waals surface area contributed by atoms with E-state index in [1.165, 1.54) is 0 Å². The Labute approximate surface area is 126 Å². The Morgan fingerprint density at radius 2 is 2.33 bits per heavy atom. The molecular formula is C14H26N6O. The van der Waals surface area contributed by atoms with Crippen LogP contribution in [0.25, 0.3) is 0 Å². The number of nitrogens with one attached hydrogen (secondary N) is 1. The highest BCUT2D eigenvalue weighted by molar-refractivity contribution is 5.77. The van der Waals surface area contributed by atoms with E-state index in [1.54, 1.807) is 6.33 Å². The van der Waals surface area contributed by atoms with Gasteiger partial charge in [0, 0.05) is 25.7 Å². The summed E-state index contributed by atoms with van der Waals surface area (Å²) >= 11 is 0. The fourth-order valence-electron chi connectivity index (χ4n) is 2.66. The second-order valence-corrected chi connectivity index (χ2v) is 5.86. The summed E-state index contributed by atoms with van der Waals surface area (Å²) in [6.07, 6.45) is 3.87. The van der Waals surface area contributed by atoms with Crippen LogP contribution < -0.4 is 5.32 Å². The van der Waals surface area contributed by atoms with Crippen LogP contribution in [-0.2, 0) is 17.9 Å². The summed E-state index contributed by atoms with van der Waals surface area (Å²) in [4.78, 5) is 16.4. The quantitative estimate of drug-likeness (QED) is 0.763. The van der Waals surface area contributed by atoms with Gasteiger partial charge in [-0.15, -0.1) is 10.2 Å². The molecule has 1 saturated heterocycles. The highest BCUT2D eigenvalue weighted by Crippen LogP contribution is 2.12. The molecule has 0 radical (unpaired) electrons. The molecule has 21 heavy (non-hydrogen) atoms. The number of likely N-dealkylation sites (N-methyl/N-ethyl adjacent to an activating group) is 1. The molecule has 1 atom stereocenters. The Bertz CT molecular complexity index is 458. The standard InChI is InChI=1S/C14H26N6O/c1-4-6-20-11-16-17-13(20)8-15-14(21)10-19-7-5-12(9-19)18(2)3/h11-12H,4-10H2,1-3H3,(H,15,21)/t12-/m1/s1. The van der Waals surface area contributed by atoms with Crippen LogP contribution in [0.1, 0.15) is 25.6 Å². The Morgan fingerprint density at radius 1 is 1.52 bits per heavy atom. The van der Waals surface area contributed by atoms with E-state index in [9.17, 15) is 4.79 Å². The highest BCUT2D eigenvalue weighted by atomic mass is 16.2. The van der Waals surface area contributed by atoms with Crippen LogP contribution in [0.15, 0.2) is 6.33 Å². The second kappa shape index (κ2) is 7.51. The zero-order valence-electron chi connectivity index (χ0n) is 13.2. The van der Waals surface area contributed by atoms with Gasteiger partial charge in [0.15, 0.2) is 5.82 Å². The molecule has 0 spiro atoms. The van der Waals surface area contributed by atoms with Crippen molar-refractivity contribution in [1.29, 1.82) is 0 Å². The van der Waals surface area contributed by atoms with E-state index < -0.39 is 0 Å². The number of likely N-dealkylation sites (tertiary alicyclic amines) is 1. The lowest BCUT2D eigenvalue weighted by molar-refractivity contribution is -0.122. The topological polar surface area (TPSA) is 66.3 Å². The zero-order valence-corrected chi connectivity index (χ0v) is 13.2. The van der Waals surface area contributed by atoms with Gasteiger partial charge in [-0.2, -0.15) is 0 Å². The van der Waals surface area contributed by atoms with Crippen molar-refractivity contribution in [2.75, 3.05) is 33.7 Å². The molecule has 1 fully saturated rings. The number of hydrogen-bond donors (Lipinski definition) is 1. The van der Waals surface area contributed by atoms with Crippen LogP contribution in [0.5, 0.6) is 0 Å². The van der Waals surface area contributed by atoms with Gasteiger partial charge in [0.2, 0.25) is 5.91 Å². The molecule has 1 N–H and O–H groups in total. The number of nitrogens with zero attached hydrogens (tertiary/aromatic N) is 5. The number of aromatic nitrogens is 3. The number of carbonyl (C=O) groups is 1. The number of hydrogen-bond acceptors (Lipinski definition) is 5. The predicted molar refractivity (Wildman–Crippen MR) is 80.7 cm³/mol. The number of aryl methyl sites for hydroxylation is 1. The first kappa shape index (κ1) is 15.9. The second-order valence-electron chi connectivity index (χ2n) is 5.86. The molecule has 2 rings (SSSR count). The third kappa shape index (κ3) is 4.50. The molecule has 0 aromatic carbocycles. The van der Waals surface area contributed by atoms with E-state index in [-0.39, 0.29) is 5.91 Å². The minimum Gasteiger partial charge on any atom is -0.348 e. The lowest BCUT2D eigenvalue weighted by Gasteiger charge is -2.20. The van der Waals surface area contributed by atoms with Crippen LogP contribution in [0, 0.1) is 0 Å². The average Bonchev–Trinajstić information content (AvgIpc) is 3.06. The maximum absolute atomic E-state index is 12.0. The SMILES string of the molecule is CCCn1cnnc1CNC(=O)CN1CC[C@@H](N(C)C)C1. The van der Waals surface area contributed by atoms with Crippen molar-refractivity contribution in [3.8, 4) is 0 Å². The number of rotatable bonds is 7. The van der Waals surface area contributed by atoms with Crippen LogP contribution in [0.3, 0.4) is 0 Å². The average molecular weight is 294 g/mol. The molecular weight excluding hydrogens is 268 g/mol. The molecule has 0 saturated carbocycles. The van der Waals surface area contributed by atoms with Gasteiger partial charge in [-0.3, -0.25) is 9.69 Å². The summed E-state index contributed by atoms with van der Waals surface area (Å²) in [7, 11) is 4.18. The maximum Gasteiger partial charge on any atom is 0.234 e. The van der Waals surface area contributed by atoms with E-state index >= 15 is 0 Å². The fourth-order valence-corrected chi connectivity index (χ4v) is 2.66. The van der Waals surface area contributed by atoms with Crippen molar-refractivity contribution in [3.63, 3.8) is 0 Å². The third-order valence-electron chi connectivity index (χ3n) is 3.95. The summed E-state index contributed by atoms with van der Waals surface area (Å²) in [6, 6.07) is 0.561. The van der Waals surface area contributed by atoms with Crippen molar-refractivity contribution < 1.29 is 4.79 Å². The minimum absolute atomic E-state index is 0.0560. The predicted octanol–water partition coefficient (Wildman–Crippen LogP) is -0.0598. The lowest BCUT2D eigenvalue weighted by atomic mass is 10.2. The molecule has 1 aromatic rings. The lowest BCUT2D eigenvalue weighted by Crippen LogP contribution is -2.38. The van der Waals surface area contributed by atoms with Gasteiger partial charge in [-0.25, -0.2) is 0 Å². The Morgan fingerprint density at radius 3 is 3.00 bits per heavy atom. The molecule has 7 nitrogen and oxygen atoms in total. The van der Waals surface area contributed by atoms with Gasteiger partial charge in [0.05, 0.1) is 13.1 Å². The highest BCUT2D eigenvalue weighted by Gasteiger charge is 2.25.